The van der Waals surface area contributed by atoms with Gasteiger partial charge in [0.2, 0.25) is 5.13 Å². The summed E-state index contributed by atoms with van der Waals surface area (Å²) in [6, 6.07) is 7.58. The van der Waals surface area contributed by atoms with Gasteiger partial charge < -0.3 is 9.30 Å². The Balaban J connectivity index is 1.86. The number of aromatic nitrogens is 3. The van der Waals surface area contributed by atoms with Crippen LogP contribution < -0.4 is 10.1 Å². The number of ether oxygens (including phenoxy) is 1. The summed E-state index contributed by atoms with van der Waals surface area (Å²) >= 11 is 1.42. The van der Waals surface area contributed by atoms with E-state index in [1.165, 1.54) is 11.3 Å². The summed E-state index contributed by atoms with van der Waals surface area (Å²) in [6.07, 6.45) is 0.860. The van der Waals surface area contributed by atoms with Gasteiger partial charge in [-0.1, -0.05) is 31.3 Å². The molecular formula is C17H20N4O2S. The lowest BCUT2D eigenvalue weighted by Gasteiger charge is -2.04. The number of rotatable bonds is 5. The molecule has 0 saturated heterocycles. The molecule has 24 heavy (non-hydrogen) atoms. The number of aryl methyl sites for hydroxylation is 1. The van der Waals surface area contributed by atoms with E-state index in [4.69, 9.17) is 4.74 Å². The molecule has 1 aromatic carbocycles. The van der Waals surface area contributed by atoms with E-state index in [0.717, 1.165) is 28.1 Å². The van der Waals surface area contributed by atoms with Gasteiger partial charge in [-0.05, 0) is 24.1 Å². The Hall–Kier alpha value is -2.41. The number of nitrogens with zero attached hydrogens (tertiary/aromatic N) is 3. The quantitative estimate of drug-likeness (QED) is 0.769. The molecule has 1 amide bonds. The van der Waals surface area contributed by atoms with Crippen molar-refractivity contribution in [2.45, 2.75) is 20.3 Å². The van der Waals surface area contributed by atoms with Crippen molar-refractivity contribution in [2.24, 2.45) is 13.0 Å². The van der Waals surface area contributed by atoms with Gasteiger partial charge in [0.25, 0.3) is 5.91 Å². The Bertz CT molecular complexity index is 882. The predicted molar refractivity (Wildman–Crippen MR) is 95.9 cm³/mol. The normalized spacial score (nSPS) is 11.2. The molecule has 0 spiro atoms. The molecule has 0 bridgehead atoms. The Morgan fingerprint density at radius 3 is 2.88 bits per heavy atom. The Morgan fingerprint density at radius 2 is 2.17 bits per heavy atom. The third kappa shape index (κ3) is 3.12. The maximum Gasteiger partial charge on any atom is 0.274 e. The van der Waals surface area contributed by atoms with E-state index >= 15 is 0 Å². The number of nitrogens with one attached hydrogen (secondary N) is 1. The van der Waals surface area contributed by atoms with E-state index in [9.17, 15) is 4.79 Å². The van der Waals surface area contributed by atoms with Crippen molar-refractivity contribution < 1.29 is 9.53 Å². The zero-order valence-corrected chi connectivity index (χ0v) is 15.0. The smallest absolute Gasteiger partial charge is 0.274 e. The summed E-state index contributed by atoms with van der Waals surface area (Å²) in [5.74, 6) is 1.05. The molecule has 2 aromatic heterocycles. The highest BCUT2D eigenvalue weighted by molar-refractivity contribution is 7.15. The van der Waals surface area contributed by atoms with Crippen LogP contribution in [0.25, 0.3) is 10.9 Å². The molecule has 0 fully saturated rings. The van der Waals surface area contributed by atoms with Crippen LogP contribution in [0.15, 0.2) is 24.3 Å². The number of anilines is 1. The van der Waals surface area contributed by atoms with Gasteiger partial charge in [-0.15, -0.1) is 10.2 Å². The van der Waals surface area contributed by atoms with Crippen molar-refractivity contribution in [1.29, 1.82) is 0 Å². The Labute approximate surface area is 144 Å². The van der Waals surface area contributed by atoms with Crippen molar-refractivity contribution in [3.63, 3.8) is 0 Å². The van der Waals surface area contributed by atoms with Gasteiger partial charge in [-0.25, -0.2) is 0 Å². The fourth-order valence-electron chi connectivity index (χ4n) is 2.63. The summed E-state index contributed by atoms with van der Waals surface area (Å²) < 4.78 is 7.22. The van der Waals surface area contributed by atoms with E-state index in [2.05, 4.69) is 29.4 Å². The number of benzene rings is 1. The van der Waals surface area contributed by atoms with E-state index in [0.29, 0.717) is 16.7 Å². The third-order valence-electron chi connectivity index (χ3n) is 3.77. The molecule has 0 aliphatic rings. The molecule has 0 aliphatic heterocycles. The minimum Gasteiger partial charge on any atom is -0.496 e. The van der Waals surface area contributed by atoms with E-state index in [1.807, 2.05) is 35.9 Å². The molecule has 6 nitrogen and oxygen atoms in total. The van der Waals surface area contributed by atoms with Gasteiger partial charge in [0.15, 0.2) is 0 Å². The predicted octanol–water partition coefficient (Wildman–Crippen LogP) is 3.49. The standard InChI is InChI=1S/C17H20N4O2S/c1-10(2)8-15-19-20-17(24-15)18-16(22)13-9-11-12(21(13)3)6-5-7-14(11)23-4/h5-7,9-10H,8H2,1-4H3,(H,18,20,22). The summed E-state index contributed by atoms with van der Waals surface area (Å²) in [4.78, 5) is 12.6. The fraction of sp³-hybridized carbons (Fsp3) is 0.353. The van der Waals surface area contributed by atoms with Crippen LogP contribution in [-0.2, 0) is 13.5 Å². The first-order chi connectivity index (χ1) is 11.5. The Kier molecular flexibility index (Phi) is 4.53. The van der Waals surface area contributed by atoms with Crippen LogP contribution in [0.2, 0.25) is 0 Å². The highest BCUT2D eigenvalue weighted by Gasteiger charge is 2.17. The maximum atomic E-state index is 12.6. The van der Waals surface area contributed by atoms with Crippen molar-refractivity contribution >= 4 is 33.3 Å². The largest absolute Gasteiger partial charge is 0.496 e. The number of amides is 1. The summed E-state index contributed by atoms with van der Waals surface area (Å²) in [5, 5.41) is 13.4. The van der Waals surface area contributed by atoms with Gasteiger partial charge in [0.1, 0.15) is 16.5 Å². The van der Waals surface area contributed by atoms with E-state index < -0.39 is 0 Å². The third-order valence-corrected chi connectivity index (χ3v) is 4.63. The monoisotopic (exact) mass is 344 g/mol. The number of hydrogen-bond acceptors (Lipinski definition) is 5. The summed E-state index contributed by atoms with van der Waals surface area (Å²) in [5.41, 5.74) is 1.49. The maximum absolute atomic E-state index is 12.6. The molecule has 3 rings (SSSR count). The molecule has 3 aromatic rings. The SMILES string of the molecule is COc1cccc2c1cc(C(=O)Nc1nnc(CC(C)C)s1)n2C. The average molecular weight is 344 g/mol. The molecule has 0 unspecified atom stereocenters. The van der Waals surface area contributed by atoms with E-state index in [-0.39, 0.29) is 5.91 Å². The van der Waals surface area contributed by atoms with Gasteiger partial charge in [0, 0.05) is 18.9 Å². The first-order valence-corrected chi connectivity index (χ1v) is 8.57. The average Bonchev–Trinajstić information content (AvgIpc) is 3.11. The van der Waals surface area contributed by atoms with Crippen LogP contribution in [0.5, 0.6) is 5.75 Å². The second kappa shape index (κ2) is 6.60. The van der Waals surface area contributed by atoms with Gasteiger partial charge in [-0.2, -0.15) is 0 Å². The van der Waals surface area contributed by atoms with Crippen LogP contribution >= 0.6 is 11.3 Å². The first kappa shape index (κ1) is 16.4. The van der Waals surface area contributed by atoms with Gasteiger partial charge in [0.05, 0.1) is 12.6 Å². The van der Waals surface area contributed by atoms with Gasteiger partial charge in [-0.3, -0.25) is 10.1 Å². The number of fused-ring (bicyclic) bond motifs is 1. The van der Waals surface area contributed by atoms with E-state index in [1.54, 1.807) is 7.11 Å². The van der Waals surface area contributed by atoms with Crippen molar-refractivity contribution in [1.82, 2.24) is 14.8 Å². The van der Waals surface area contributed by atoms with Gasteiger partial charge >= 0.3 is 0 Å². The highest BCUT2D eigenvalue weighted by Crippen LogP contribution is 2.28. The minimum atomic E-state index is -0.206. The topological polar surface area (TPSA) is 69.0 Å². The molecule has 0 atom stereocenters. The summed E-state index contributed by atoms with van der Waals surface area (Å²) in [7, 11) is 3.49. The van der Waals surface area contributed by atoms with Crippen LogP contribution in [-0.4, -0.2) is 27.8 Å². The first-order valence-electron chi connectivity index (χ1n) is 7.75. The number of methoxy groups -OCH3 is 1. The molecule has 126 valence electrons. The molecule has 1 N–H and O–H groups in total. The highest BCUT2D eigenvalue weighted by atomic mass is 32.1. The second-order valence-corrected chi connectivity index (χ2v) is 7.10. The van der Waals surface area contributed by atoms with Crippen LogP contribution in [0.4, 0.5) is 5.13 Å². The lowest BCUT2D eigenvalue weighted by molar-refractivity contribution is 0.101. The lowest BCUT2D eigenvalue weighted by Crippen LogP contribution is -2.15. The summed E-state index contributed by atoms with van der Waals surface area (Å²) in [6.45, 7) is 4.26. The van der Waals surface area contributed by atoms with Crippen LogP contribution in [0.3, 0.4) is 0 Å². The minimum absolute atomic E-state index is 0.206. The molecule has 0 aliphatic carbocycles. The molecular weight excluding hydrogens is 324 g/mol. The van der Waals surface area contributed by atoms with Crippen molar-refractivity contribution in [3.05, 3.63) is 35.0 Å². The Morgan fingerprint density at radius 1 is 1.38 bits per heavy atom. The molecule has 7 heteroatoms. The fourth-order valence-corrected chi connectivity index (χ4v) is 3.57. The molecule has 0 radical (unpaired) electrons. The van der Waals surface area contributed by atoms with Crippen LogP contribution in [0, 0.1) is 5.92 Å². The van der Waals surface area contributed by atoms with Crippen LogP contribution in [0.1, 0.15) is 29.3 Å². The van der Waals surface area contributed by atoms with Crippen molar-refractivity contribution in [2.75, 3.05) is 12.4 Å². The molecule has 2 heterocycles. The second-order valence-electron chi connectivity index (χ2n) is 6.03. The number of hydrogen-bond donors (Lipinski definition) is 1. The number of carbonyl (C=O) groups is 1. The van der Waals surface area contributed by atoms with Crippen molar-refractivity contribution in [3.8, 4) is 5.75 Å². The molecule has 0 saturated carbocycles. The zero-order valence-electron chi connectivity index (χ0n) is 14.2. The lowest BCUT2D eigenvalue weighted by atomic mass is 10.1. The zero-order chi connectivity index (χ0) is 17.3. The number of carbonyl (C=O) groups excluding carboxylic acids is 1.